The Labute approximate surface area is 116 Å². The van der Waals surface area contributed by atoms with Crippen LogP contribution < -0.4 is 15.2 Å². The predicted octanol–water partition coefficient (Wildman–Crippen LogP) is 0.543. The van der Waals surface area contributed by atoms with E-state index in [1.54, 1.807) is 0 Å². The van der Waals surface area contributed by atoms with Crippen LogP contribution in [0.4, 0.5) is 4.39 Å². The van der Waals surface area contributed by atoms with Gasteiger partial charge in [-0.3, -0.25) is 4.79 Å². The lowest BCUT2D eigenvalue weighted by Crippen LogP contribution is -2.36. The molecule has 0 radical (unpaired) electrons. The average Bonchev–Trinajstić information content (AvgIpc) is 2.36. The molecule has 1 unspecified atom stereocenters. The molecule has 0 fully saturated rings. The first-order chi connectivity index (χ1) is 9.25. The second-order valence-corrected chi connectivity index (χ2v) is 5.49. The smallest absolute Gasteiger partial charge is 0.261 e. The van der Waals surface area contributed by atoms with Gasteiger partial charge < -0.3 is 10.1 Å². The van der Waals surface area contributed by atoms with Gasteiger partial charge in [-0.2, -0.15) is 0 Å². The number of sulfonamides is 1. The molecule has 0 saturated heterocycles. The van der Waals surface area contributed by atoms with Crippen LogP contribution in [0.25, 0.3) is 0 Å². The number of halogens is 1. The van der Waals surface area contributed by atoms with Crippen LogP contribution in [0.15, 0.2) is 35.7 Å². The van der Waals surface area contributed by atoms with Gasteiger partial charge in [-0.05, 0) is 25.1 Å². The molecule has 20 heavy (non-hydrogen) atoms. The summed E-state index contributed by atoms with van der Waals surface area (Å²) in [6.45, 7) is 5.14. The van der Waals surface area contributed by atoms with Crippen molar-refractivity contribution in [1.29, 1.82) is 0 Å². The molecule has 0 bridgehead atoms. The molecule has 0 heterocycles. The zero-order chi connectivity index (χ0) is 15.3. The molecule has 0 spiro atoms. The van der Waals surface area contributed by atoms with Crippen molar-refractivity contribution in [2.24, 2.45) is 5.14 Å². The highest BCUT2D eigenvalue weighted by Gasteiger charge is 2.17. The maximum absolute atomic E-state index is 13.7. The van der Waals surface area contributed by atoms with E-state index in [9.17, 15) is 17.6 Å². The van der Waals surface area contributed by atoms with Crippen LogP contribution >= 0.6 is 0 Å². The Morgan fingerprint density at radius 1 is 1.60 bits per heavy atom. The van der Waals surface area contributed by atoms with Gasteiger partial charge in [0, 0.05) is 6.54 Å². The summed E-state index contributed by atoms with van der Waals surface area (Å²) in [5.41, 5.74) is 0. The van der Waals surface area contributed by atoms with E-state index in [4.69, 9.17) is 9.88 Å². The number of ether oxygens (including phenoxy) is 1. The van der Waals surface area contributed by atoms with E-state index >= 15 is 0 Å². The first-order valence-corrected chi connectivity index (χ1v) is 7.18. The summed E-state index contributed by atoms with van der Waals surface area (Å²) in [7, 11) is -3.98. The Morgan fingerprint density at radius 2 is 2.25 bits per heavy atom. The van der Waals surface area contributed by atoms with E-state index in [1.807, 2.05) is 0 Å². The largest absolute Gasteiger partial charge is 0.478 e. The first-order valence-electron chi connectivity index (χ1n) is 5.63. The molecule has 6 nitrogen and oxygen atoms in total. The van der Waals surface area contributed by atoms with Gasteiger partial charge in [-0.25, -0.2) is 17.9 Å². The second-order valence-electron chi connectivity index (χ2n) is 3.93. The lowest BCUT2D eigenvalue weighted by molar-refractivity contribution is -0.127. The summed E-state index contributed by atoms with van der Waals surface area (Å²) in [4.78, 5) is 11.2. The standard InChI is InChI=1S/C12H15FN2O4S/c1-3-6-15-12(16)8(2)19-11-5-4-9(7-10(11)13)20(14,17)18/h3-5,7-8H,1,6H2,2H3,(H,15,16)(H2,14,17,18). The third-order valence-electron chi connectivity index (χ3n) is 2.33. The fraction of sp³-hybridized carbons (Fsp3) is 0.250. The minimum absolute atomic E-state index is 0.237. The van der Waals surface area contributed by atoms with Crippen molar-refractivity contribution >= 4 is 15.9 Å². The summed E-state index contributed by atoms with van der Waals surface area (Å²) in [5.74, 6) is -1.60. The van der Waals surface area contributed by atoms with Crippen LogP contribution in [-0.2, 0) is 14.8 Å². The van der Waals surface area contributed by atoms with Gasteiger partial charge in [0.05, 0.1) is 4.90 Å². The van der Waals surface area contributed by atoms with E-state index < -0.39 is 27.9 Å². The SMILES string of the molecule is C=CCNC(=O)C(C)Oc1ccc(S(N)(=O)=O)cc1F. The lowest BCUT2D eigenvalue weighted by Gasteiger charge is -2.14. The maximum atomic E-state index is 13.7. The van der Waals surface area contributed by atoms with Gasteiger partial charge in [-0.1, -0.05) is 6.08 Å². The molecule has 1 aromatic carbocycles. The van der Waals surface area contributed by atoms with Crippen molar-refractivity contribution in [1.82, 2.24) is 5.32 Å². The first kappa shape index (κ1) is 16.1. The molecule has 1 aromatic rings. The Hall–Kier alpha value is -1.93. The Balaban J connectivity index is 2.84. The predicted molar refractivity (Wildman–Crippen MR) is 71.1 cm³/mol. The summed E-state index contributed by atoms with van der Waals surface area (Å²) < 4.78 is 40.9. The highest BCUT2D eigenvalue weighted by Crippen LogP contribution is 2.21. The number of hydrogen-bond donors (Lipinski definition) is 2. The van der Waals surface area contributed by atoms with Crippen molar-refractivity contribution in [3.05, 3.63) is 36.7 Å². The fourth-order valence-corrected chi connectivity index (χ4v) is 1.84. The van der Waals surface area contributed by atoms with Crippen molar-refractivity contribution < 1.29 is 22.3 Å². The lowest BCUT2D eigenvalue weighted by atomic mass is 10.3. The van der Waals surface area contributed by atoms with Crippen LogP contribution in [0.1, 0.15) is 6.92 Å². The second kappa shape index (κ2) is 6.49. The zero-order valence-electron chi connectivity index (χ0n) is 10.8. The highest BCUT2D eigenvalue weighted by molar-refractivity contribution is 7.89. The zero-order valence-corrected chi connectivity index (χ0v) is 11.6. The topological polar surface area (TPSA) is 98.5 Å². The number of carbonyl (C=O) groups excluding carboxylic acids is 1. The highest BCUT2D eigenvalue weighted by atomic mass is 32.2. The van der Waals surface area contributed by atoms with Crippen LogP contribution in [0.3, 0.4) is 0 Å². The quantitative estimate of drug-likeness (QED) is 0.749. The molecule has 110 valence electrons. The summed E-state index contributed by atoms with van der Waals surface area (Å²) in [6.07, 6.45) is 0.552. The van der Waals surface area contributed by atoms with Gasteiger partial charge in [0.25, 0.3) is 5.91 Å². The van der Waals surface area contributed by atoms with Gasteiger partial charge in [0.1, 0.15) is 0 Å². The monoisotopic (exact) mass is 302 g/mol. The minimum atomic E-state index is -3.98. The number of carbonyl (C=O) groups is 1. The van der Waals surface area contributed by atoms with Crippen LogP contribution in [0.5, 0.6) is 5.75 Å². The number of hydrogen-bond acceptors (Lipinski definition) is 4. The van der Waals surface area contributed by atoms with Crippen molar-refractivity contribution in [2.45, 2.75) is 17.9 Å². The molecule has 0 aromatic heterocycles. The molecule has 0 aliphatic carbocycles. The number of rotatable bonds is 6. The molecule has 1 rings (SSSR count). The van der Waals surface area contributed by atoms with Crippen LogP contribution in [-0.4, -0.2) is 27.0 Å². The third kappa shape index (κ3) is 4.32. The van der Waals surface area contributed by atoms with E-state index in [0.717, 1.165) is 18.2 Å². The Morgan fingerprint density at radius 3 is 2.75 bits per heavy atom. The summed E-state index contributed by atoms with van der Waals surface area (Å²) >= 11 is 0. The van der Waals surface area contributed by atoms with Crippen LogP contribution in [0.2, 0.25) is 0 Å². The van der Waals surface area contributed by atoms with Crippen LogP contribution in [0, 0.1) is 5.82 Å². The molecule has 1 atom stereocenters. The maximum Gasteiger partial charge on any atom is 0.261 e. The molecule has 3 N–H and O–H groups in total. The summed E-state index contributed by atoms with van der Waals surface area (Å²) in [5, 5.41) is 7.36. The Kier molecular flexibility index (Phi) is 5.23. The van der Waals surface area contributed by atoms with Gasteiger partial charge in [-0.15, -0.1) is 6.58 Å². The molecule has 0 saturated carbocycles. The minimum Gasteiger partial charge on any atom is -0.478 e. The fourth-order valence-electron chi connectivity index (χ4n) is 1.31. The molecule has 1 amide bonds. The van der Waals surface area contributed by atoms with E-state index in [0.29, 0.717) is 0 Å². The molecule has 0 aliphatic heterocycles. The Bertz CT molecular complexity index is 616. The molecular formula is C12H15FN2O4S. The van der Waals surface area contributed by atoms with Gasteiger partial charge in [0.15, 0.2) is 17.7 Å². The van der Waals surface area contributed by atoms with E-state index in [1.165, 1.54) is 13.0 Å². The molecule has 8 heteroatoms. The normalized spacial score (nSPS) is 12.6. The number of nitrogens with one attached hydrogen (secondary N) is 1. The third-order valence-corrected chi connectivity index (χ3v) is 3.24. The van der Waals surface area contributed by atoms with Gasteiger partial charge >= 0.3 is 0 Å². The van der Waals surface area contributed by atoms with Crippen molar-refractivity contribution in [3.8, 4) is 5.75 Å². The van der Waals surface area contributed by atoms with Gasteiger partial charge in [0.2, 0.25) is 10.0 Å². The van der Waals surface area contributed by atoms with Crippen molar-refractivity contribution in [2.75, 3.05) is 6.54 Å². The number of benzene rings is 1. The number of nitrogens with two attached hydrogens (primary N) is 1. The summed E-state index contributed by atoms with van der Waals surface area (Å²) in [6, 6.07) is 2.94. The van der Waals surface area contributed by atoms with Crippen molar-refractivity contribution in [3.63, 3.8) is 0 Å². The molecule has 0 aliphatic rings. The van der Waals surface area contributed by atoms with E-state index in [2.05, 4.69) is 11.9 Å². The number of primary sulfonamides is 1. The van der Waals surface area contributed by atoms with E-state index in [-0.39, 0.29) is 17.2 Å². The average molecular weight is 302 g/mol. The number of amides is 1. The molecular weight excluding hydrogens is 287 g/mol.